The lowest BCUT2D eigenvalue weighted by atomic mass is 10.3. The Balaban J connectivity index is 2.55. The molecule has 2 unspecified atom stereocenters. The van der Waals surface area contributed by atoms with Gasteiger partial charge in [0, 0.05) is 5.75 Å². The SMILES string of the molecule is CCC1SCC(C(=O)O)N1S(=O)(=O)c1cccc(Cl)c1F. The van der Waals surface area contributed by atoms with Crippen molar-refractivity contribution in [1.82, 2.24) is 4.31 Å². The molecule has 1 aliphatic heterocycles. The van der Waals surface area contributed by atoms with E-state index in [1.165, 1.54) is 23.9 Å². The van der Waals surface area contributed by atoms with Crippen LogP contribution in [-0.4, -0.2) is 41.0 Å². The van der Waals surface area contributed by atoms with Gasteiger partial charge in [-0.15, -0.1) is 11.8 Å². The average molecular weight is 354 g/mol. The van der Waals surface area contributed by atoms with E-state index in [1.807, 2.05) is 0 Å². The number of carboxylic acids is 1. The van der Waals surface area contributed by atoms with Crippen molar-refractivity contribution >= 4 is 39.4 Å². The molecule has 1 heterocycles. The van der Waals surface area contributed by atoms with E-state index in [0.717, 1.165) is 10.4 Å². The van der Waals surface area contributed by atoms with E-state index < -0.39 is 38.1 Å². The summed E-state index contributed by atoms with van der Waals surface area (Å²) < 4.78 is 40.2. The van der Waals surface area contributed by atoms with Crippen molar-refractivity contribution in [3.8, 4) is 0 Å². The Morgan fingerprint density at radius 1 is 1.57 bits per heavy atom. The van der Waals surface area contributed by atoms with Crippen molar-refractivity contribution in [1.29, 1.82) is 0 Å². The Hall–Kier alpha value is -0.830. The maximum absolute atomic E-state index is 14.0. The second-order valence-electron chi connectivity index (χ2n) is 4.44. The highest BCUT2D eigenvalue weighted by Crippen LogP contribution is 2.37. The first kappa shape index (κ1) is 16.5. The maximum Gasteiger partial charge on any atom is 0.322 e. The normalized spacial score (nSPS) is 23.4. The number of carbonyl (C=O) groups is 1. The van der Waals surface area contributed by atoms with E-state index >= 15 is 0 Å². The highest BCUT2D eigenvalue weighted by atomic mass is 35.5. The number of aliphatic carboxylic acids is 1. The van der Waals surface area contributed by atoms with Crippen LogP contribution < -0.4 is 0 Å². The van der Waals surface area contributed by atoms with Gasteiger partial charge >= 0.3 is 5.97 Å². The van der Waals surface area contributed by atoms with E-state index in [1.54, 1.807) is 6.92 Å². The van der Waals surface area contributed by atoms with Crippen molar-refractivity contribution in [2.75, 3.05) is 5.75 Å². The van der Waals surface area contributed by atoms with Gasteiger partial charge < -0.3 is 5.11 Å². The molecule has 0 aromatic heterocycles. The molecule has 0 spiro atoms. The van der Waals surface area contributed by atoms with Crippen molar-refractivity contribution < 1.29 is 22.7 Å². The maximum atomic E-state index is 14.0. The summed E-state index contributed by atoms with van der Waals surface area (Å²) in [6, 6.07) is 2.44. The van der Waals surface area contributed by atoms with Crippen LogP contribution in [-0.2, 0) is 14.8 Å². The number of benzene rings is 1. The third-order valence-corrected chi connectivity index (χ3v) is 6.96. The Labute approximate surface area is 131 Å². The number of nitrogens with zero attached hydrogens (tertiary/aromatic N) is 1. The number of hydrogen-bond acceptors (Lipinski definition) is 4. The van der Waals surface area contributed by atoms with Crippen LogP contribution in [0.4, 0.5) is 4.39 Å². The van der Waals surface area contributed by atoms with E-state index in [9.17, 15) is 22.7 Å². The summed E-state index contributed by atoms with van der Waals surface area (Å²) in [7, 11) is -4.28. The van der Waals surface area contributed by atoms with Crippen molar-refractivity contribution in [3.05, 3.63) is 29.0 Å². The van der Waals surface area contributed by atoms with Gasteiger partial charge in [0.15, 0.2) is 5.82 Å². The molecule has 1 aliphatic rings. The molecule has 2 atom stereocenters. The first-order valence-corrected chi connectivity index (χ1v) is 8.99. The molecule has 1 aromatic rings. The number of halogens is 2. The highest BCUT2D eigenvalue weighted by molar-refractivity contribution is 8.01. The van der Waals surface area contributed by atoms with Gasteiger partial charge in [0.25, 0.3) is 0 Å². The summed E-state index contributed by atoms with van der Waals surface area (Å²) >= 11 is 6.85. The van der Waals surface area contributed by atoms with Crippen LogP contribution >= 0.6 is 23.4 Å². The molecular formula is C12H13ClFNO4S2. The smallest absolute Gasteiger partial charge is 0.322 e. The van der Waals surface area contributed by atoms with E-state index in [2.05, 4.69) is 0 Å². The number of sulfonamides is 1. The monoisotopic (exact) mass is 353 g/mol. The highest BCUT2D eigenvalue weighted by Gasteiger charge is 2.46. The molecule has 0 aliphatic carbocycles. The minimum Gasteiger partial charge on any atom is -0.480 e. The molecule has 0 radical (unpaired) electrons. The van der Waals surface area contributed by atoms with Crippen LogP contribution in [0.25, 0.3) is 0 Å². The summed E-state index contributed by atoms with van der Waals surface area (Å²) in [5.74, 6) is -2.17. The topological polar surface area (TPSA) is 74.7 Å². The molecule has 0 amide bonds. The Kier molecular flexibility index (Phi) is 4.82. The number of hydrogen-bond donors (Lipinski definition) is 1. The molecule has 2 rings (SSSR count). The molecule has 116 valence electrons. The summed E-state index contributed by atoms with van der Waals surface area (Å²) in [5, 5.41) is 8.34. The second-order valence-corrected chi connectivity index (χ2v) is 7.87. The van der Waals surface area contributed by atoms with Gasteiger partial charge in [-0.05, 0) is 18.6 Å². The van der Waals surface area contributed by atoms with Gasteiger partial charge in [-0.2, -0.15) is 4.31 Å². The van der Waals surface area contributed by atoms with Crippen molar-refractivity contribution in [3.63, 3.8) is 0 Å². The molecule has 0 bridgehead atoms. The molecular weight excluding hydrogens is 341 g/mol. The quantitative estimate of drug-likeness (QED) is 0.899. The number of carboxylic acid groups (broad SMARTS) is 1. The zero-order valence-electron chi connectivity index (χ0n) is 11.0. The molecule has 0 saturated carbocycles. The fraction of sp³-hybridized carbons (Fsp3) is 0.417. The molecule has 1 fully saturated rings. The largest absolute Gasteiger partial charge is 0.480 e. The average Bonchev–Trinajstić information content (AvgIpc) is 2.86. The molecule has 21 heavy (non-hydrogen) atoms. The van der Waals surface area contributed by atoms with E-state index in [4.69, 9.17) is 11.6 Å². The fourth-order valence-electron chi connectivity index (χ4n) is 2.15. The van der Waals surface area contributed by atoms with Crippen LogP contribution in [0.1, 0.15) is 13.3 Å². The molecule has 1 N–H and O–H groups in total. The minimum absolute atomic E-state index is 0.134. The fourth-order valence-corrected chi connectivity index (χ4v) is 6.00. The minimum atomic E-state index is -4.28. The lowest BCUT2D eigenvalue weighted by Crippen LogP contribution is -2.45. The Morgan fingerprint density at radius 3 is 2.81 bits per heavy atom. The van der Waals surface area contributed by atoms with Gasteiger partial charge in [0.2, 0.25) is 10.0 Å². The predicted molar refractivity (Wildman–Crippen MR) is 78.4 cm³/mol. The summed E-state index contributed by atoms with van der Waals surface area (Å²) in [5.41, 5.74) is 0. The number of rotatable bonds is 4. The predicted octanol–water partition coefficient (Wildman–Crippen LogP) is 2.41. The molecule has 9 heteroatoms. The Morgan fingerprint density at radius 2 is 2.24 bits per heavy atom. The van der Waals surface area contributed by atoms with E-state index in [-0.39, 0.29) is 10.8 Å². The van der Waals surface area contributed by atoms with Crippen molar-refractivity contribution in [2.45, 2.75) is 29.7 Å². The zero-order chi connectivity index (χ0) is 15.8. The third kappa shape index (κ3) is 2.90. The van der Waals surface area contributed by atoms with Gasteiger partial charge in [-0.25, -0.2) is 12.8 Å². The zero-order valence-corrected chi connectivity index (χ0v) is 13.4. The van der Waals surface area contributed by atoms with Gasteiger partial charge in [0.1, 0.15) is 10.9 Å². The van der Waals surface area contributed by atoms with Gasteiger partial charge in [-0.3, -0.25) is 4.79 Å². The molecule has 1 aromatic carbocycles. The van der Waals surface area contributed by atoms with E-state index in [0.29, 0.717) is 6.42 Å². The van der Waals surface area contributed by atoms with Crippen LogP contribution in [0, 0.1) is 5.82 Å². The lowest BCUT2D eigenvalue weighted by molar-refractivity contribution is -0.140. The second kappa shape index (κ2) is 6.12. The Bertz CT molecular complexity index is 667. The van der Waals surface area contributed by atoms with Gasteiger partial charge in [-0.1, -0.05) is 24.6 Å². The van der Waals surface area contributed by atoms with Crippen LogP contribution in [0.15, 0.2) is 23.1 Å². The molecule has 1 saturated heterocycles. The van der Waals surface area contributed by atoms with Gasteiger partial charge in [0.05, 0.1) is 10.4 Å². The molecule has 5 nitrogen and oxygen atoms in total. The summed E-state index contributed by atoms with van der Waals surface area (Å²) in [6.45, 7) is 1.75. The third-order valence-electron chi connectivity index (χ3n) is 3.14. The summed E-state index contributed by atoms with van der Waals surface area (Å²) in [4.78, 5) is 10.7. The lowest BCUT2D eigenvalue weighted by Gasteiger charge is -2.26. The first-order valence-electron chi connectivity index (χ1n) is 6.12. The van der Waals surface area contributed by atoms with Crippen LogP contribution in [0.2, 0.25) is 5.02 Å². The van der Waals surface area contributed by atoms with Crippen LogP contribution in [0.3, 0.4) is 0 Å². The first-order chi connectivity index (χ1) is 9.80. The summed E-state index contributed by atoms with van der Waals surface area (Å²) in [6.07, 6.45) is 0.426. The standard InChI is InChI=1S/C12H13ClFNO4S2/c1-2-10-15(8(6-20-10)12(16)17)21(18,19)9-5-3-4-7(13)11(9)14/h3-5,8,10H,2,6H2,1H3,(H,16,17). The number of thioether (sulfide) groups is 1. The van der Waals surface area contributed by atoms with Crippen LogP contribution in [0.5, 0.6) is 0 Å². The van der Waals surface area contributed by atoms with Crippen molar-refractivity contribution in [2.24, 2.45) is 0 Å².